The van der Waals surface area contributed by atoms with Crippen molar-refractivity contribution < 1.29 is 14.7 Å². The first-order chi connectivity index (χ1) is 9.46. The van der Waals surface area contributed by atoms with Crippen molar-refractivity contribution in [3.8, 4) is 0 Å². The fraction of sp³-hybridized carbons (Fsp3) is 0.467. The molecule has 1 saturated heterocycles. The number of carbonyl (C=O) groups excluding carboxylic acids is 2. The van der Waals surface area contributed by atoms with Crippen LogP contribution in [-0.4, -0.2) is 35.1 Å². The van der Waals surface area contributed by atoms with E-state index < -0.39 is 11.6 Å². The smallest absolute Gasteiger partial charge is 0.325 e. The summed E-state index contributed by atoms with van der Waals surface area (Å²) in [7, 11) is 0. The van der Waals surface area contributed by atoms with Crippen molar-refractivity contribution in [1.29, 1.82) is 0 Å². The lowest BCUT2D eigenvalue weighted by Gasteiger charge is -2.26. The minimum absolute atomic E-state index is 0.0251. The first kappa shape index (κ1) is 14.5. The number of rotatable bonds is 4. The molecule has 5 heteroatoms. The fourth-order valence-corrected chi connectivity index (χ4v) is 2.58. The Morgan fingerprint density at radius 3 is 2.50 bits per heavy atom. The number of nitrogens with one attached hydrogen (secondary N) is 1. The van der Waals surface area contributed by atoms with Crippen LogP contribution in [0.15, 0.2) is 18.2 Å². The summed E-state index contributed by atoms with van der Waals surface area (Å²) in [5, 5.41) is 11.8. The SMILES string of the molecule is CCC1(c2ccc(C)c(C)c2)NC(=O)N(CCO)C1=O. The summed E-state index contributed by atoms with van der Waals surface area (Å²) in [4.78, 5) is 25.6. The molecule has 0 spiro atoms. The van der Waals surface area contributed by atoms with E-state index in [1.165, 1.54) is 0 Å². The lowest BCUT2D eigenvalue weighted by atomic mass is 9.85. The quantitative estimate of drug-likeness (QED) is 0.818. The van der Waals surface area contributed by atoms with Crippen LogP contribution in [0.5, 0.6) is 0 Å². The second kappa shape index (κ2) is 5.25. The van der Waals surface area contributed by atoms with Gasteiger partial charge < -0.3 is 10.4 Å². The van der Waals surface area contributed by atoms with E-state index in [1.54, 1.807) is 0 Å². The van der Waals surface area contributed by atoms with Gasteiger partial charge in [0.25, 0.3) is 5.91 Å². The number of hydrogen-bond donors (Lipinski definition) is 2. The van der Waals surface area contributed by atoms with Gasteiger partial charge in [0.05, 0.1) is 13.2 Å². The molecule has 1 heterocycles. The topological polar surface area (TPSA) is 69.6 Å². The Hall–Kier alpha value is -1.88. The van der Waals surface area contributed by atoms with Crippen molar-refractivity contribution in [2.45, 2.75) is 32.7 Å². The maximum atomic E-state index is 12.6. The Bertz CT molecular complexity index is 556. The molecule has 1 atom stereocenters. The molecule has 2 rings (SSSR count). The number of aliphatic hydroxyl groups is 1. The van der Waals surface area contributed by atoms with Gasteiger partial charge in [0.2, 0.25) is 0 Å². The maximum Gasteiger partial charge on any atom is 0.325 e. The summed E-state index contributed by atoms with van der Waals surface area (Å²) < 4.78 is 0. The molecule has 1 aromatic carbocycles. The minimum atomic E-state index is -1.01. The molecule has 0 saturated carbocycles. The number of β-amino-alcohol motifs (C(OH)–C–C–N with tert-alkyl or cyclic N) is 1. The van der Waals surface area contributed by atoms with E-state index >= 15 is 0 Å². The van der Waals surface area contributed by atoms with Gasteiger partial charge in [-0.25, -0.2) is 4.79 Å². The molecule has 108 valence electrons. The molecular formula is C15H20N2O3. The third kappa shape index (κ3) is 2.08. The molecule has 0 bridgehead atoms. The van der Waals surface area contributed by atoms with Crippen molar-refractivity contribution in [2.75, 3.05) is 13.2 Å². The van der Waals surface area contributed by atoms with Crippen LogP contribution in [0.1, 0.15) is 30.0 Å². The van der Waals surface area contributed by atoms with Gasteiger partial charge in [0, 0.05) is 0 Å². The zero-order chi connectivity index (χ0) is 14.9. The van der Waals surface area contributed by atoms with Gasteiger partial charge in [0.1, 0.15) is 5.54 Å². The van der Waals surface area contributed by atoms with Crippen LogP contribution in [0, 0.1) is 13.8 Å². The van der Waals surface area contributed by atoms with Crippen LogP contribution in [-0.2, 0) is 10.3 Å². The summed E-state index contributed by atoms with van der Waals surface area (Å²) in [6.07, 6.45) is 0.474. The van der Waals surface area contributed by atoms with Gasteiger partial charge in [-0.15, -0.1) is 0 Å². The van der Waals surface area contributed by atoms with Crippen molar-refractivity contribution in [1.82, 2.24) is 10.2 Å². The monoisotopic (exact) mass is 276 g/mol. The van der Waals surface area contributed by atoms with E-state index in [9.17, 15) is 9.59 Å². The highest BCUT2D eigenvalue weighted by Crippen LogP contribution is 2.33. The number of carbonyl (C=O) groups is 2. The first-order valence-electron chi connectivity index (χ1n) is 6.79. The molecule has 3 amide bonds. The molecular weight excluding hydrogens is 256 g/mol. The van der Waals surface area contributed by atoms with Crippen LogP contribution < -0.4 is 5.32 Å². The van der Waals surface area contributed by atoms with Crippen molar-refractivity contribution >= 4 is 11.9 Å². The maximum absolute atomic E-state index is 12.6. The number of aryl methyl sites for hydroxylation is 2. The standard InChI is InChI=1S/C15H20N2O3/c1-4-15(12-6-5-10(2)11(3)9-12)13(19)17(7-8-18)14(20)16-15/h5-6,9,18H,4,7-8H2,1-3H3,(H,16,20). The highest BCUT2D eigenvalue weighted by atomic mass is 16.3. The Morgan fingerprint density at radius 2 is 1.95 bits per heavy atom. The molecule has 5 nitrogen and oxygen atoms in total. The Morgan fingerprint density at radius 1 is 1.25 bits per heavy atom. The second-order valence-corrected chi connectivity index (χ2v) is 5.17. The van der Waals surface area contributed by atoms with Crippen LogP contribution in [0.2, 0.25) is 0 Å². The third-order valence-electron chi connectivity index (χ3n) is 4.03. The molecule has 1 unspecified atom stereocenters. The van der Waals surface area contributed by atoms with E-state index in [2.05, 4.69) is 5.32 Å². The highest BCUT2D eigenvalue weighted by molar-refractivity contribution is 6.07. The molecule has 2 N–H and O–H groups in total. The molecule has 1 aliphatic rings. The summed E-state index contributed by atoms with van der Waals surface area (Å²) in [6.45, 7) is 5.65. The van der Waals surface area contributed by atoms with E-state index in [4.69, 9.17) is 5.11 Å². The highest BCUT2D eigenvalue weighted by Gasteiger charge is 2.50. The zero-order valence-corrected chi connectivity index (χ0v) is 12.1. The average Bonchev–Trinajstić information content (AvgIpc) is 2.67. The lowest BCUT2D eigenvalue weighted by molar-refractivity contribution is -0.132. The molecule has 20 heavy (non-hydrogen) atoms. The molecule has 1 aliphatic heterocycles. The minimum Gasteiger partial charge on any atom is -0.395 e. The van der Waals surface area contributed by atoms with Gasteiger partial charge in [-0.2, -0.15) is 0 Å². The molecule has 0 aliphatic carbocycles. The molecule has 0 aromatic heterocycles. The molecule has 1 aromatic rings. The van der Waals surface area contributed by atoms with E-state index in [0.29, 0.717) is 6.42 Å². The number of imide groups is 1. The molecule has 0 radical (unpaired) electrons. The summed E-state index contributed by atoms with van der Waals surface area (Å²) in [5.41, 5.74) is 2.01. The number of nitrogens with zero attached hydrogens (tertiary/aromatic N) is 1. The predicted molar refractivity (Wildman–Crippen MR) is 75.2 cm³/mol. The predicted octanol–water partition coefficient (Wildman–Crippen LogP) is 1.45. The van der Waals surface area contributed by atoms with Crippen molar-refractivity contribution in [2.24, 2.45) is 0 Å². The number of urea groups is 1. The Labute approximate surface area is 118 Å². The normalized spacial score (nSPS) is 22.3. The zero-order valence-electron chi connectivity index (χ0n) is 12.1. The van der Waals surface area contributed by atoms with Crippen LogP contribution >= 0.6 is 0 Å². The summed E-state index contributed by atoms with van der Waals surface area (Å²) in [5.74, 6) is -0.290. The van der Waals surface area contributed by atoms with Crippen LogP contribution in [0.3, 0.4) is 0 Å². The lowest BCUT2D eigenvalue weighted by Crippen LogP contribution is -2.43. The van der Waals surface area contributed by atoms with Crippen LogP contribution in [0.4, 0.5) is 4.79 Å². The van der Waals surface area contributed by atoms with E-state index in [0.717, 1.165) is 21.6 Å². The third-order valence-corrected chi connectivity index (χ3v) is 4.03. The summed E-state index contributed by atoms with van der Waals surface area (Å²) >= 11 is 0. The average molecular weight is 276 g/mol. The number of hydrogen-bond acceptors (Lipinski definition) is 3. The number of amides is 3. The Balaban J connectivity index is 2.47. The van der Waals surface area contributed by atoms with Gasteiger partial charge in [-0.1, -0.05) is 25.1 Å². The van der Waals surface area contributed by atoms with E-state index in [-0.39, 0.29) is 19.1 Å². The van der Waals surface area contributed by atoms with Gasteiger partial charge >= 0.3 is 6.03 Å². The number of aliphatic hydroxyl groups excluding tert-OH is 1. The van der Waals surface area contributed by atoms with Crippen LogP contribution in [0.25, 0.3) is 0 Å². The van der Waals surface area contributed by atoms with Crippen molar-refractivity contribution in [3.63, 3.8) is 0 Å². The number of benzene rings is 1. The van der Waals surface area contributed by atoms with Gasteiger partial charge in [0.15, 0.2) is 0 Å². The summed E-state index contributed by atoms with van der Waals surface area (Å²) in [6, 6.07) is 5.34. The van der Waals surface area contributed by atoms with Gasteiger partial charge in [-0.05, 0) is 37.0 Å². The fourth-order valence-electron chi connectivity index (χ4n) is 2.58. The largest absolute Gasteiger partial charge is 0.395 e. The second-order valence-electron chi connectivity index (χ2n) is 5.17. The Kier molecular flexibility index (Phi) is 3.81. The van der Waals surface area contributed by atoms with E-state index in [1.807, 2.05) is 39.0 Å². The van der Waals surface area contributed by atoms with Gasteiger partial charge in [-0.3, -0.25) is 9.69 Å². The molecule has 1 fully saturated rings. The first-order valence-corrected chi connectivity index (χ1v) is 6.79. The van der Waals surface area contributed by atoms with Crippen molar-refractivity contribution in [3.05, 3.63) is 34.9 Å².